The number of rotatable bonds is 4. The van der Waals surface area contributed by atoms with Gasteiger partial charge in [-0.3, -0.25) is 9.36 Å². The van der Waals surface area contributed by atoms with Gasteiger partial charge in [-0.25, -0.2) is 13.1 Å². The van der Waals surface area contributed by atoms with E-state index in [2.05, 4.69) is 21.1 Å². The third-order valence-electron chi connectivity index (χ3n) is 4.83. The summed E-state index contributed by atoms with van der Waals surface area (Å²) < 4.78 is 32.0. The van der Waals surface area contributed by atoms with Crippen LogP contribution >= 0.6 is 0 Å². The predicted octanol–water partition coefficient (Wildman–Crippen LogP) is 2.00. The summed E-state index contributed by atoms with van der Waals surface area (Å²) in [4.78, 5) is 0.315. The standard InChI is InChI=1S/C16H25N5O2S/c1-11-9-17-21(10-11)15-7-5-14(6-8-15)19-24(22,23)16-12(2)18-20(4)13(16)3/h9-10,14-15,19H,5-8H2,1-4H3. The van der Waals surface area contributed by atoms with Gasteiger partial charge in [0.15, 0.2) is 0 Å². The molecule has 2 aromatic rings. The van der Waals surface area contributed by atoms with Crippen molar-refractivity contribution in [3.05, 3.63) is 29.3 Å². The molecule has 0 spiro atoms. The van der Waals surface area contributed by atoms with Gasteiger partial charge in [0.2, 0.25) is 10.0 Å². The molecule has 8 heteroatoms. The van der Waals surface area contributed by atoms with Crippen molar-refractivity contribution in [2.24, 2.45) is 7.05 Å². The molecule has 3 rings (SSSR count). The number of hydrogen-bond acceptors (Lipinski definition) is 4. The molecule has 0 radical (unpaired) electrons. The molecule has 0 bridgehead atoms. The average molecular weight is 351 g/mol. The topological polar surface area (TPSA) is 81.8 Å². The SMILES string of the molecule is Cc1cnn(C2CCC(NS(=O)(=O)c3c(C)nn(C)c3C)CC2)c1. The van der Waals surface area contributed by atoms with Crippen LogP contribution in [-0.4, -0.2) is 34.0 Å². The van der Waals surface area contributed by atoms with E-state index in [0.29, 0.717) is 22.3 Å². The van der Waals surface area contributed by atoms with Crippen LogP contribution in [0.4, 0.5) is 0 Å². The van der Waals surface area contributed by atoms with Crippen molar-refractivity contribution in [2.45, 2.75) is 63.4 Å². The Labute approximate surface area is 143 Å². The van der Waals surface area contributed by atoms with Gasteiger partial charge in [-0.15, -0.1) is 0 Å². The molecule has 1 aliphatic carbocycles. The summed E-state index contributed by atoms with van der Waals surface area (Å²) in [6.45, 7) is 5.55. The summed E-state index contributed by atoms with van der Waals surface area (Å²) in [6.07, 6.45) is 7.42. The van der Waals surface area contributed by atoms with Crippen LogP contribution in [0.1, 0.15) is 48.7 Å². The Morgan fingerprint density at radius 2 is 1.83 bits per heavy atom. The maximum Gasteiger partial charge on any atom is 0.244 e. The first kappa shape index (κ1) is 17.2. The van der Waals surface area contributed by atoms with Crippen LogP contribution in [0.25, 0.3) is 0 Å². The number of aromatic nitrogens is 4. The largest absolute Gasteiger partial charge is 0.271 e. The Balaban J connectivity index is 1.67. The quantitative estimate of drug-likeness (QED) is 0.913. The molecule has 0 atom stereocenters. The highest BCUT2D eigenvalue weighted by atomic mass is 32.2. The first-order valence-corrected chi connectivity index (χ1v) is 9.79. The first-order valence-electron chi connectivity index (χ1n) is 8.31. The van der Waals surface area contributed by atoms with Crippen molar-refractivity contribution in [1.29, 1.82) is 0 Å². The van der Waals surface area contributed by atoms with E-state index in [-0.39, 0.29) is 6.04 Å². The van der Waals surface area contributed by atoms with E-state index in [0.717, 1.165) is 31.2 Å². The molecule has 1 fully saturated rings. The van der Waals surface area contributed by atoms with E-state index in [1.54, 1.807) is 25.6 Å². The third-order valence-corrected chi connectivity index (χ3v) is 6.61. The zero-order valence-corrected chi connectivity index (χ0v) is 15.5. The fourth-order valence-electron chi connectivity index (χ4n) is 3.51. The molecule has 1 N–H and O–H groups in total. The summed E-state index contributed by atoms with van der Waals surface area (Å²) >= 11 is 0. The van der Waals surface area contributed by atoms with Crippen molar-refractivity contribution in [1.82, 2.24) is 24.3 Å². The first-order chi connectivity index (χ1) is 11.3. The lowest BCUT2D eigenvalue weighted by Crippen LogP contribution is -2.38. The molecule has 2 aromatic heterocycles. The van der Waals surface area contributed by atoms with E-state index in [1.165, 1.54) is 0 Å². The highest BCUT2D eigenvalue weighted by Crippen LogP contribution is 2.29. The lowest BCUT2D eigenvalue weighted by Gasteiger charge is -2.29. The Morgan fingerprint density at radius 1 is 1.17 bits per heavy atom. The second-order valence-electron chi connectivity index (χ2n) is 6.75. The van der Waals surface area contributed by atoms with Crippen LogP contribution in [0.5, 0.6) is 0 Å². The van der Waals surface area contributed by atoms with E-state index in [4.69, 9.17) is 0 Å². The van der Waals surface area contributed by atoms with Crippen LogP contribution in [0, 0.1) is 20.8 Å². The van der Waals surface area contributed by atoms with E-state index in [9.17, 15) is 8.42 Å². The van der Waals surface area contributed by atoms with Crippen LogP contribution < -0.4 is 4.72 Å². The second-order valence-corrected chi connectivity index (χ2v) is 8.40. The summed E-state index contributed by atoms with van der Waals surface area (Å²) in [5.41, 5.74) is 2.37. The molecule has 0 saturated heterocycles. The molecule has 2 heterocycles. The van der Waals surface area contributed by atoms with Gasteiger partial charge in [0.05, 0.1) is 23.6 Å². The second kappa shape index (κ2) is 6.33. The minimum absolute atomic E-state index is 0.0260. The molecular formula is C16H25N5O2S. The minimum atomic E-state index is -3.53. The minimum Gasteiger partial charge on any atom is -0.271 e. The van der Waals surface area contributed by atoms with Crippen molar-refractivity contribution in [3.63, 3.8) is 0 Å². The van der Waals surface area contributed by atoms with Gasteiger partial charge in [0.1, 0.15) is 4.90 Å². The van der Waals surface area contributed by atoms with Gasteiger partial charge in [0.25, 0.3) is 0 Å². The normalized spacial score (nSPS) is 22.0. The van der Waals surface area contributed by atoms with Gasteiger partial charge in [-0.2, -0.15) is 10.2 Å². The van der Waals surface area contributed by atoms with Gasteiger partial charge in [0, 0.05) is 19.3 Å². The Hall–Kier alpha value is -1.67. The van der Waals surface area contributed by atoms with Crippen molar-refractivity contribution in [2.75, 3.05) is 0 Å². The van der Waals surface area contributed by atoms with Crippen molar-refractivity contribution in [3.8, 4) is 0 Å². The Morgan fingerprint density at radius 3 is 2.33 bits per heavy atom. The molecule has 132 valence electrons. The molecule has 0 unspecified atom stereocenters. The summed E-state index contributed by atoms with van der Waals surface area (Å²) in [6, 6.07) is 0.336. The fraction of sp³-hybridized carbons (Fsp3) is 0.625. The van der Waals surface area contributed by atoms with Gasteiger partial charge < -0.3 is 0 Å². The molecule has 0 aliphatic heterocycles. The maximum atomic E-state index is 12.7. The molecule has 24 heavy (non-hydrogen) atoms. The zero-order valence-electron chi connectivity index (χ0n) is 14.7. The smallest absolute Gasteiger partial charge is 0.244 e. The predicted molar refractivity (Wildman–Crippen MR) is 91.3 cm³/mol. The van der Waals surface area contributed by atoms with Crippen molar-refractivity contribution >= 4 is 10.0 Å². The highest BCUT2D eigenvalue weighted by Gasteiger charge is 2.29. The third kappa shape index (κ3) is 3.25. The van der Waals surface area contributed by atoms with Gasteiger partial charge in [-0.1, -0.05) is 0 Å². The summed E-state index contributed by atoms with van der Waals surface area (Å²) in [7, 11) is -1.77. The van der Waals surface area contributed by atoms with Crippen molar-refractivity contribution < 1.29 is 8.42 Å². The van der Waals surface area contributed by atoms with Crippen LogP contribution in [0.3, 0.4) is 0 Å². The molecular weight excluding hydrogens is 326 g/mol. The summed E-state index contributed by atoms with van der Waals surface area (Å²) in [5, 5.41) is 8.59. The van der Waals surface area contributed by atoms with Crippen LogP contribution in [0.15, 0.2) is 17.3 Å². The molecule has 1 aliphatic rings. The van der Waals surface area contributed by atoms with E-state index < -0.39 is 10.0 Å². The molecule has 1 saturated carbocycles. The number of aryl methyl sites for hydroxylation is 3. The maximum absolute atomic E-state index is 12.7. The highest BCUT2D eigenvalue weighted by molar-refractivity contribution is 7.89. The monoisotopic (exact) mass is 351 g/mol. The number of nitrogens with zero attached hydrogens (tertiary/aromatic N) is 4. The summed E-state index contributed by atoms with van der Waals surface area (Å²) in [5.74, 6) is 0. The lowest BCUT2D eigenvalue weighted by molar-refractivity contribution is 0.293. The van der Waals surface area contributed by atoms with E-state index >= 15 is 0 Å². The lowest BCUT2D eigenvalue weighted by atomic mass is 9.92. The van der Waals surface area contributed by atoms with Gasteiger partial charge in [-0.05, 0) is 52.0 Å². The average Bonchev–Trinajstić information content (AvgIpc) is 3.03. The van der Waals surface area contributed by atoms with Crippen LogP contribution in [0.2, 0.25) is 0 Å². The zero-order chi connectivity index (χ0) is 17.5. The number of sulfonamides is 1. The Bertz CT molecular complexity index is 829. The van der Waals surface area contributed by atoms with Gasteiger partial charge >= 0.3 is 0 Å². The molecule has 0 aromatic carbocycles. The molecule has 7 nitrogen and oxygen atoms in total. The molecule has 0 amide bonds. The van der Waals surface area contributed by atoms with Crippen LogP contribution in [-0.2, 0) is 17.1 Å². The number of hydrogen-bond donors (Lipinski definition) is 1. The number of nitrogens with one attached hydrogen (secondary N) is 1. The Kier molecular flexibility index (Phi) is 4.52. The fourth-order valence-corrected chi connectivity index (χ4v) is 5.26. The van der Waals surface area contributed by atoms with E-state index in [1.807, 2.05) is 17.8 Å².